The lowest BCUT2D eigenvalue weighted by Gasteiger charge is -2.11. The molecule has 0 unspecified atom stereocenters. The van der Waals surface area contributed by atoms with Crippen LogP contribution in [0.3, 0.4) is 0 Å². The van der Waals surface area contributed by atoms with Gasteiger partial charge < -0.3 is 19.5 Å². The molecule has 2 aromatic rings. The van der Waals surface area contributed by atoms with E-state index in [1.807, 2.05) is 0 Å². The molecule has 0 aliphatic rings. The van der Waals surface area contributed by atoms with Crippen LogP contribution in [0.4, 0.5) is 18.9 Å². The van der Waals surface area contributed by atoms with E-state index in [9.17, 15) is 22.8 Å². The summed E-state index contributed by atoms with van der Waals surface area (Å²) in [6, 6.07) is 8.17. The minimum atomic E-state index is -4.50. The highest BCUT2D eigenvalue weighted by atomic mass is 19.4. The Kier molecular flexibility index (Phi) is 6.27. The number of hydrogen-bond acceptors (Lipinski definition) is 5. The molecule has 0 atom stereocenters. The van der Waals surface area contributed by atoms with Crippen molar-refractivity contribution >= 4 is 17.6 Å². The Morgan fingerprint density at radius 2 is 1.59 bits per heavy atom. The molecule has 9 heteroatoms. The van der Waals surface area contributed by atoms with E-state index in [2.05, 4.69) is 5.32 Å². The number of carbonyl (C=O) groups is 2. The van der Waals surface area contributed by atoms with Crippen molar-refractivity contribution in [2.24, 2.45) is 0 Å². The van der Waals surface area contributed by atoms with Gasteiger partial charge in [0.25, 0.3) is 5.91 Å². The van der Waals surface area contributed by atoms with Crippen molar-refractivity contribution in [3.8, 4) is 11.5 Å². The zero-order chi connectivity index (χ0) is 20.0. The predicted molar refractivity (Wildman–Crippen MR) is 89.9 cm³/mol. The third kappa shape index (κ3) is 5.37. The lowest BCUT2D eigenvalue weighted by molar-refractivity contribution is -0.137. The highest BCUT2D eigenvalue weighted by Crippen LogP contribution is 2.30. The first-order chi connectivity index (χ1) is 12.7. The molecule has 2 rings (SSSR count). The maximum atomic E-state index is 12.5. The Bertz CT molecular complexity index is 819. The second-order valence-electron chi connectivity index (χ2n) is 5.27. The van der Waals surface area contributed by atoms with Crippen molar-refractivity contribution in [2.45, 2.75) is 6.18 Å². The summed E-state index contributed by atoms with van der Waals surface area (Å²) in [6.07, 6.45) is -4.50. The van der Waals surface area contributed by atoms with Gasteiger partial charge in [-0.2, -0.15) is 13.2 Å². The number of halogens is 3. The van der Waals surface area contributed by atoms with Crippen LogP contribution < -0.4 is 14.8 Å². The second kappa shape index (κ2) is 8.43. The summed E-state index contributed by atoms with van der Waals surface area (Å²) in [5.41, 5.74) is -0.588. The van der Waals surface area contributed by atoms with E-state index in [0.717, 1.165) is 24.3 Å². The van der Waals surface area contributed by atoms with Crippen molar-refractivity contribution in [1.29, 1.82) is 0 Å². The van der Waals surface area contributed by atoms with Gasteiger partial charge in [0.15, 0.2) is 18.1 Å². The standard InChI is InChI=1S/C18H16F3NO5/c1-25-14-8-7-13(9-15(14)26-2)22-16(23)10-27-17(24)11-3-5-12(6-4-11)18(19,20)21/h3-9H,10H2,1-2H3,(H,22,23). The molecule has 0 bridgehead atoms. The van der Waals surface area contributed by atoms with Crippen molar-refractivity contribution in [1.82, 2.24) is 0 Å². The Hall–Kier alpha value is -3.23. The lowest BCUT2D eigenvalue weighted by Crippen LogP contribution is -2.21. The molecule has 1 amide bonds. The van der Waals surface area contributed by atoms with E-state index in [4.69, 9.17) is 14.2 Å². The van der Waals surface area contributed by atoms with Gasteiger partial charge in [-0.05, 0) is 36.4 Å². The summed E-state index contributed by atoms with van der Waals surface area (Å²) in [5.74, 6) is -0.657. The number of hydrogen-bond donors (Lipinski definition) is 1. The smallest absolute Gasteiger partial charge is 0.416 e. The van der Waals surface area contributed by atoms with Crippen LogP contribution >= 0.6 is 0 Å². The van der Waals surface area contributed by atoms with E-state index in [1.54, 1.807) is 12.1 Å². The number of anilines is 1. The van der Waals surface area contributed by atoms with Gasteiger partial charge in [0.1, 0.15) is 0 Å². The fraction of sp³-hybridized carbons (Fsp3) is 0.222. The van der Waals surface area contributed by atoms with Gasteiger partial charge in [-0.15, -0.1) is 0 Å². The van der Waals surface area contributed by atoms with E-state index >= 15 is 0 Å². The third-order valence-electron chi connectivity index (χ3n) is 3.45. The molecular weight excluding hydrogens is 367 g/mol. The Morgan fingerprint density at radius 1 is 0.963 bits per heavy atom. The number of ether oxygens (including phenoxy) is 3. The van der Waals surface area contributed by atoms with Crippen LogP contribution in [0.15, 0.2) is 42.5 Å². The lowest BCUT2D eigenvalue weighted by atomic mass is 10.1. The van der Waals surface area contributed by atoms with Crippen LogP contribution in [-0.4, -0.2) is 32.7 Å². The number of amides is 1. The van der Waals surface area contributed by atoms with E-state index in [-0.39, 0.29) is 5.56 Å². The summed E-state index contributed by atoms with van der Waals surface area (Å²) in [4.78, 5) is 23.7. The Morgan fingerprint density at radius 3 is 2.15 bits per heavy atom. The molecule has 27 heavy (non-hydrogen) atoms. The quantitative estimate of drug-likeness (QED) is 0.773. The molecule has 1 N–H and O–H groups in total. The summed E-state index contributed by atoms with van der Waals surface area (Å²) in [5, 5.41) is 2.50. The summed E-state index contributed by atoms with van der Waals surface area (Å²) in [6.45, 7) is -0.603. The molecule has 144 valence electrons. The van der Waals surface area contributed by atoms with Gasteiger partial charge in [-0.25, -0.2) is 4.79 Å². The van der Waals surface area contributed by atoms with Crippen molar-refractivity contribution < 1.29 is 37.0 Å². The third-order valence-corrected chi connectivity index (χ3v) is 3.45. The second-order valence-corrected chi connectivity index (χ2v) is 5.27. The average molecular weight is 383 g/mol. The normalized spacial score (nSPS) is 10.9. The number of alkyl halides is 3. The first-order valence-corrected chi connectivity index (χ1v) is 7.61. The molecule has 6 nitrogen and oxygen atoms in total. The van der Waals surface area contributed by atoms with E-state index in [0.29, 0.717) is 17.2 Å². The minimum absolute atomic E-state index is 0.0954. The largest absolute Gasteiger partial charge is 0.493 e. The number of methoxy groups -OCH3 is 2. The molecule has 0 saturated carbocycles. The van der Waals surface area contributed by atoms with Crippen LogP contribution in [-0.2, 0) is 15.7 Å². The summed E-state index contributed by atoms with van der Waals surface area (Å²) < 4.78 is 52.5. The molecule has 0 spiro atoms. The van der Waals surface area contributed by atoms with Gasteiger partial charge >= 0.3 is 12.1 Å². The monoisotopic (exact) mass is 383 g/mol. The highest BCUT2D eigenvalue weighted by Gasteiger charge is 2.30. The zero-order valence-corrected chi connectivity index (χ0v) is 14.4. The van der Waals surface area contributed by atoms with Crippen LogP contribution in [0.5, 0.6) is 11.5 Å². The Balaban J connectivity index is 1.92. The van der Waals surface area contributed by atoms with Crippen molar-refractivity contribution in [2.75, 3.05) is 26.1 Å². The highest BCUT2D eigenvalue weighted by molar-refractivity contribution is 5.95. The number of esters is 1. The summed E-state index contributed by atoms with van der Waals surface area (Å²) >= 11 is 0. The SMILES string of the molecule is COc1ccc(NC(=O)COC(=O)c2ccc(C(F)(F)F)cc2)cc1OC. The van der Waals surface area contributed by atoms with Crippen LogP contribution in [0.1, 0.15) is 15.9 Å². The molecule has 0 aliphatic carbocycles. The molecule has 0 aliphatic heterocycles. The molecular formula is C18H16F3NO5. The van der Waals surface area contributed by atoms with Crippen molar-refractivity contribution in [3.63, 3.8) is 0 Å². The molecule has 0 fully saturated rings. The number of benzene rings is 2. The number of carbonyl (C=O) groups excluding carboxylic acids is 2. The molecule has 0 heterocycles. The topological polar surface area (TPSA) is 73.9 Å². The first kappa shape index (κ1) is 20.1. The van der Waals surface area contributed by atoms with Gasteiger partial charge in [0.05, 0.1) is 25.3 Å². The fourth-order valence-corrected chi connectivity index (χ4v) is 2.12. The van der Waals surface area contributed by atoms with Crippen molar-refractivity contribution in [3.05, 3.63) is 53.6 Å². The zero-order valence-electron chi connectivity index (χ0n) is 14.4. The van der Waals surface area contributed by atoms with Crippen LogP contribution in [0, 0.1) is 0 Å². The van der Waals surface area contributed by atoms with Crippen LogP contribution in [0.25, 0.3) is 0 Å². The number of nitrogens with one attached hydrogen (secondary N) is 1. The Labute approximate surface area is 152 Å². The maximum Gasteiger partial charge on any atom is 0.416 e. The molecule has 0 radical (unpaired) electrons. The minimum Gasteiger partial charge on any atom is -0.493 e. The maximum absolute atomic E-state index is 12.5. The van der Waals surface area contributed by atoms with Gasteiger partial charge in [-0.3, -0.25) is 4.79 Å². The molecule has 0 aromatic heterocycles. The summed E-state index contributed by atoms with van der Waals surface area (Å²) in [7, 11) is 2.91. The fourth-order valence-electron chi connectivity index (χ4n) is 2.12. The predicted octanol–water partition coefficient (Wildman–Crippen LogP) is 3.52. The number of rotatable bonds is 6. The molecule has 2 aromatic carbocycles. The first-order valence-electron chi connectivity index (χ1n) is 7.61. The molecule has 0 saturated heterocycles. The average Bonchev–Trinajstić information content (AvgIpc) is 2.65. The van der Waals surface area contributed by atoms with Gasteiger partial charge in [0.2, 0.25) is 0 Å². The van der Waals surface area contributed by atoms with Gasteiger partial charge in [-0.1, -0.05) is 0 Å². The van der Waals surface area contributed by atoms with E-state index in [1.165, 1.54) is 20.3 Å². The van der Waals surface area contributed by atoms with E-state index < -0.39 is 30.2 Å². The van der Waals surface area contributed by atoms with Crippen LogP contribution in [0.2, 0.25) is 0 Å². The van der Waals surface area contributed by atoms with Gasteiger partial charge in [0, 0.05) is 11.8 Å².